The number of nitrogen functional groups attached to an aromatic ring is 1. The maximum Gasteiger partial charge on any atom is 0.271 e. The average molecular weight is 596 g/mol. The fraction of sp³-hybridized carbons (Fsp3) is 0.379. The molecule has 3 heterocycles. The number of sulfonamides is 1. The molecule has 42 heavy (non-hydrogen) atoms. The molecule has 1 aliphatic carbocycles. The van der Waals surface area contributed by atoms with E-state index in [0.717, 1.165) is 0 Å². The Morgan fingerprint density at radius 3 is 2.55 bits per heavy atom. The summed E-state index contributed by atoms with van der Waals surface area (Å²) in [5.74, 6) is -3.19. The summed E-state index contributed by atoms with van der Waals surface area (Å²) < 4.78 is 40.0. The third-order valence-corrected chi connectivity index (χ3v) is 9.94. The van der Waals surface area contributed by atoms with Crippen LogP contribution in [-0.4, -0.2) is 78.7 Å². The van der Waals surface area contributed by atoms with Crippen molar-refractivity contribution in [3.8, 4) is 11.5 Å². The topological polar surface area (TPSA) is 167 Å². The van der Waals surface area contributed by atoms with Crippen LogP contribution in [0.3, 0.4) is 0 Å². The van der Waals surface area contributed by atoms with E-state index in [2.05, 4.69) is 10.3 Å². The van der Waals surface area contributed by atoms with Gasteiger partial charge >= 0.3 is 0 Å². The first-order chi connectivity index (χ1) is 19.8. The SMILES string of the molecule is Cc1cc(S(=O)(=O)N2CCN(C)CC2)[nH]c1C(=O)NC12C(=O)c3c(N)cccc3[C@]1(O)Oc1cc(OC(C)C)ccc12. The fourth-order valence-electron chi connectivity index (χ4n) is 6.00. The number of carbonyl (C=O) groups is 2. The minimum absolute atomic E-state index is 0.0370. The highest BCUT2D eigenvalue weighted by molar-refractivity contribution is 7.89. The summed E-state index contributed by atoms with van der Waals surface area (Å²) in [6.45, 7) is 7.12. The van der Waals surface area contributed by atoms with E-state index in [9.17, 15) is 23.1 Å². The van der Waals surface area contributed by atoms with Gasteiger partial charge in [-0.05, 0) is 57.6 Å². The fourth-order valence-corrected chi connectivity index (χ4v) is 7.48. The van der Waals surface area contributed by atoms with Gasteiger partial charge in [0, 0.05) is 49.1 Å². The Balaban J connectivity index is 1.42. The van der Waals surface area contributed by atoms with Gasteiger partial charge in [0.2, 0.25) is 11.3 Å². The molecule has 1 fully saturated rings. The van der Waals surface area contributed by atoms with Gasteiger partial charge in [-0.2, -0.15) is 4.31 Å². The number of anilines is 1. The first kappa shape index (κ1) is 28.2. The third kappa shape index (κ3) is 3.95. The Morgan fingerprint density at radius 1 is 1.14 bits per heavy atom. The number of ketones is 1. The standard InChI is InChI=1S/C29H33N5O7S/c1-16(2)40-18-8-9-19-22(15-18)41-29(37)20-6-5-7-21(30)24(20)26(35)28(19,29)32-27(36)25-17(3)14-23(31-25)42(38,39)34-12-10-33(4)11-13-34/h5-9,14-16,31,37H,10-13,30H2,1-4H3,(H,32,36)/t28?,29-/m0/s1. The number of H-pyrrole nitrogens is 1. The number of hydrogen-bond acceptors (Lipinski definition) is 9. The van der Waals surface area contributed by atoms with Crippen LogP contribution in [0.25, 0.3) is 0 Å². The summed E-state index contributed by atoms with van der Waals surface area (Å²) in [6.07, 6.45) is -0.143. The van der Waals surface area contributed by atoms with Crippen LogP contribution in [0.5, 0.6) is 11.5 Å². The Kier molecular flexibility index (Phi) is 6.42. The molecule has 2 aliphatic heterocycles. The number of rotatable bonds is 6. The van der Waals surface area contributed by atoms with Crippen molar-refractivity contribution < 1.29 is 32.6 Å². The zero-order valence-corrected chi connectivity index (χ0v) is 24.5. The maximum atomic E-state index is 14.2. The van der Waals surface area contributed by atoms with Crippen molar-refractivity contribution in [1.29, 1.82) is 0 Å². The van der Waals surface area contributed by atoms with Crippen LogP contribution in [0.15, 0.2) is 47.5 Å². The zero-order valence-electron chi connectivity index (χ0n) is 23.7. The first-order valence-corrected chi connectivity index (χ1v) is 15.1. The highest BCUT2D eigenvalue weighted by atomic mass is 32.2. The second-order valence-electron chi connectivity index (χ2n) is 11.3. The lowest BCUT2D eigenvalue weighted by Gasteiger charge is -2.34. The van der Waals surface area contributed by atoms with Crippen LogP contribution >= 0.6 is 0 Å². The Labute approximate surface area is 243 Å². The number of aromatic amines is 1. The van der Waals surface area contributed by atoms with E-state index >= 15 is 0 Å². The summed E-state index contributed by atoms with van der Waals surface area (Å²) >= 11 is 0. The lowest BCUT2D eigenvalue weighted by molar-refractivity contribution is -0.169. The van der Waals surface area contributed by atoms with Gasteiger partial charge in [0.05, 0.1) is 11.7 Å². The van der Waals surface area contributed by atoms with Gasteiger partial charge in [0.15, 0.2) is 0 Å². The van der Waals surface area contributed by atoms with E-state index in [0.29, 0.717) is 37.5 Å². The summed E-state index contributed by atoms with van der Waals surface area (Å²) in [7, 11) is -1.98. The molecular weight excluding hydrogens is 562 g/mol. The number of benzene rings is 2. The molecule has 222 valence electrons. The average Bonchev–Trinajstić information content (AvgIpc) is 3.49. The molecule has 1 unspecified atom stereocenters. The van der Waals surface area contributed by atoms with Gasteiger partial charge in [-0.3, -0.25) is 9.59 Å². The van der Waals surface area contributed by atoms with Crippen LogP contribution in [0.4, 0.5) is 5.69 Å². The minimum atomic E-state index is -3.90. The number of nitrogens with one attached hydrogen (secondary N) is 2. The quantitative estimate of drug-likeness (QED) is 0.310. The molecule has 3 aromatic rings. The van der Waals surface area contributed by atoms with E-state index in [-0.39, 0.29) is 45.0 Å². The Bertz CT molecular complexity index is 1730. The van der Waals surface area contributed by atoms with Crippen molar-refractivity contribution in [2.24, 2.45) is 0 Å². The van der Waals surface area contributed by atoms with Crippen molar-refractivity contribution >= 4 is 27.4 Å². The van der Waals surface area contributed by atoms with Crippen molar-refractivity contribution in [2.75, 3.05) is 39.0 Å². The first-order valence-electron chi connectivity index (χ1n) is 13.7. The molecule has 13 heteroatoms. The number of likely N-dealkylation sites (N-methyl/N-ethyl adjacent to an activating group) is 1. The number of aromatic nitrogens is 1. The molecule has 5 N–H and O–H groups in total. The molecule has 1 aromatic heterocycles. The number of aryl methyl sites for hydroxylation is 1. The van der Waals surface area contributed by atoms with Crippen LogP contribution in [0.1, 0.15) is 51.4 Å². The predicted octanol–water partition coefficient (Wildman–Crippen LogP) is 1.69. The van der Waals surface area contributed by atoms with E-state index in [1.807, 2.05) is 25.8 Å². The molecule has 3 aliphatic rings. The summed E-state index contributed by atoms with van der Waals surface area (Å²) in [4.78, 5) is 32.9. The molecule has 2 atom stereocenters. The maximum absolute atomic E-state index is 14.2. The van der Waals surface area contributed by atoms with Gasteiger partial charge in [-0.1, -0.05) is 12.1 Å². The monoisotopic (exact) mass is 595 g/mol. The van der Waals surface area contributed by atoms with Gasteiger partial charge in [0.1, 0.15) is 22.2 Å². The number of Topliss-reactive ketones (excluding diaryl/α,β-unsaturated/α-hetero) is 1. The smallest absolute Gasteiger partial charge is 0.271 e. The molecular formula is C29H33N5O7S. The van der Waals surface area contributed by atoms with Crippen molar-refractivity contribution in [2.45, 2.75) is 43.2 Å². The molecule has 1 amide bonds. The van der Waals surface area contributed by atoms with Gasteiger partial charge < -0.3 is 35.5 Å². The number of carbonyl (C=O) groups excluding carboxylic acids is 2. The van der Waals surface area contributed by atoms with Gasteiger partial charge in [-0.15, -0.1) is 0 Å². The van der Waals surface area contributed by atoms with E-state index in [1.54, 1.807) is 31.2 Å². The minimum Gasteiger partial charge on any atom is -0.491 e. The largest absolute Gasteiger partial charge is 0.491 e. The number of amides is 1. The van der Waals surface area contributed by atoms with Crippen molar-refractivity contribution in [3.63, 3.8) is 0 Å². The van der Waals surface area contributed by atoms with Crippen LogP contribution in [0, 0.1) is 6.92 Å². The normalized spacial score (nSPS) is 23.8. The number of hydrogen-bond donors (Lipinski definition) is 4. The van der Waals surface area contributed by atoms with Crippen molar-refractivity contribution in [3.05, 3.63) is 70.4 Å². The number of aliphatic hydroxyl groups is 1. The lowest BCUT2D eigenvalue weighted by atomic mass is 9.82. The van der Waals surface area contributed by atoms with E-state index < -0.39 is 33.0 Å². The second-order valence-corrected chi connectivity index (χ2v) is 13.2. The molecule has 2 aromatic carbocycles. The van der Waals surface area contributed by atoms with E-state index in [4.69, 9.17) is 15.2 Å². The number of piperazine rings is 1. The van der Waals surface area contributed by atoms with Crippen molar-refractivity contribution in [1.82, 2.24) is 19.5 Å². The number of nitrogens with zero attached hydrogens (tertiary/aromatic N) is 2. The molecule has 1 saturated heterocycles. The molecule has 0 bridgehead atoms. The second kappa shape index (κ2) is 9.56. The Hall–Kier alpha value is -3.91. The third-order valence-electron chi connectivity index (χ3n) is 8.12. The van der Waals surface area contributed by atoms with Gasteiger partial charge in [0.25, 0.3) is 21.7 Å². The summed E-state index contributed by atoms with van der Waals surface area (Å²) in [5.41, 5.74) is 4.83. The van der Waals surface area contributed by atoms with Crippen LogP contribution in [0.2, 0.25) is 0 Å². The van der Waals surface area contributed by atoms with Gasteiger partial charge in [-0.25, -0.2) is 8.42 Å². The molecule has 6 rings (SSSR count). The van der Waals surface area contributed by atoms with Crippen LogP contribution in [-0.2, 0) is 21.3 Å². The number of nitrogens with two attached hydrogens (primary N) is 1. The highest BCUT2D eigenvalue weighted by Crippen LogP contribution is 2.59. The number of fused-ring (bicyclic) bond motifs is 5. The summed E-state index contributed by atoms with van der Waals surface area (Å²) in [5, 5.41) is 14.7. The zero-order chi connectivity index (χ0) is 30.2. The molecule has 0 saturated carbocycles. The number of ether oxygens (including phenoxy) is 2. The highest BCUT2D eigenvalue weighted by Gasteiger charge is 2.72. The van der Waals surface area contributed by atoms with E-state index in [1.165, 1.54) is 22.5 Å². The van der Waals surface area contributed by atoms with Crippen LogP contribution < -0.4 is 20.5 Å². The molecule has 0 radical (unpaired) electrons. The predicted molar refractivity (Wildman–Crippen MR) is 153 cm³/mol. The lowest BCUT2D eigenvalue weighted by Crippen LogP contribution is -2.60. The molecule has 12 nitrogen and oxygen atoms in total. The molecule has 0 spiro atoms. The Morgan fingerprint density at radius 2 is 1.86 bits per heavy atom. The summed E-state index contributed by atoms with van der Waals surface area (Å²) in [6, 6.07) is 10.8.